The second kappa shape index (κ2) is 3.54. The van der Waals surface area contributed by atoms with Gasteiger partial charge in [-0.2, -0.15) is 0 Å². The monoisotopic (exact) mass is 267 g/mol. The van der Waals surface area contributed by atoms with E-state index in [4.69, 9.17) is 4.42 Å². The van der Waals surface area contributed by atoms with Crippen LogP contribution in [0, 0.1) is 0 Å². The number of pyridine rings is 1. The highest BCUT2D eigenvalue weighted by molar-refractivity contribution is 6.14. The number of para-hydroxylation sites is 1. The van der Waals surface area contributed by atoms with Crippen LogP contribution in [0.25, 0.3) is 32.8 Å². The minimum atomic E-state index is -0.335. The average molecular weight is 267 g/mol. The van der Waals surface area contributed by atoms with Gasteiger partial charge >= 0.3 is 0 Å². The van der Waals surface area contributed by atoms with E-state index in [9.17, 15) is 15.0 Å². The molecule has 0 fully saturated rings. The van der Waals surface area contributed by atoms with E-state index in [1.807, 2.05) is 0 Å². The normalized spacial score (nSPS) is 11.6. The first kappa shape index (κ1) is 10.9. The number of H-pyrrole nitrogens is 1. The smallest absolute Gasteiger partial charge is 0.260 e. The number of aromatic amines is 1. The molecule has 2 aromatic carbocycles. The number of fused-ring (bicyclic) bond motifs is 5. The Morgan fingerprint density at radius 3 is 2.75 bits per heavy atom. The SMILES string of the molecule is O=c1[nH]c2c(O)cccc2c2oc3cc(O)ccc3c12. The number of furan rings is 1. The Labute approximate surface area is 111 Å². The minimum absolute atomic E-state index is 0.00944. The quantitative estimate of drug-likeness (QED) is 0.457. The van der Waals surface area contributed by atoms with Gasteiger partial charge in [-0.25, -0.2) is 0 Å². The molecule has 3 N–H and O–H groups in total. The summed E-state index contributed by atoms with van der Waals surface area (Å²) in [5, 5.41) is 21.0. The number of aromatic nitrogens is 1. The molecular formula is C15H9NO4. The Morgan fingerprint density at radius 2 is 1.90 bits per heavy atom. The number of phenolic OH excluding ortho intramolecular Hbond substituents is 2. The number of phenols is 2. The second-order valence-electron chi connectivity index (χ2n) is 4.64. The first-order valence-electron chi connectivity index (χ1n) is 6.04. The van der Waals surface area contributed by atoms with E-state index in [2.05, 4.69) is 4.98 Å². The zero-order valence-electron chi connectivity index (χ0n) is 10.2. The summed E-state index contributed by atoms with van der Waals surface area (Å²) < 4.78 is 5.69. The van der Waals surface area contributed by atoms with Gasteiger partial charge in [0.25, 0.3) is 5.56 Å². The maximum absolute atomic E-state index is 12.2. The molecule has 5 nitrogen and oxygen atoms in total. The Kier molecular flexibility index (Phi) is 1.93. The van der Waals surface area contributed by atoms with Gasteiger partial charge in [0.15, 0.2) is 0 Å². The van der Waals surface area contributed by atoms with E-state index in [0.717, 1.165) is 0 Å². The molecule has 0 amide bonds. The molecule has 0 atom stereocenters. The van der Waals surface area contributed by atoms with E-state index in [-0.39, 0.29) is 17.1 Å². The number of aromatic hydroxyl groups is 2. The summed E-state index contributed by atoms with van der Waals surface area (Å²) in [7, 11) is 0. The van der Waals surface area contributed by atoms with Crippen LogP contribution in [0.4, 0.5) is 0 Å². The molecule has 98 valence electrons. The largest absolute Gasteiger partial charge is 0.508 e. The number of hydrogen-bond acceptors (Lipinski definition) is 4. The minimum Gasteiger partial charge on any atom is -0.508 e. The van der Waals surface area contributed by atoms with Gasteiger partial charge in [-0.05, 0) is 24.3 Å². The Hall–Kier alpha value is -2.95. The Balaban J connectivity index is 2.36. The van der Waals surface area contributed by atoms with Crippen LogP contribution < -0.4 is 5.56 Å². The lowest BCUT2D eigenvalue weighted by atomic mass is 10.1. The van der Waals surface area contributed by atoms with Gasteiger partial charge in [0.1, 0.15) is 22.7 Å². The summed E-state index contributed by atoms with van der Waals surface area (Å²) in [5.74, 6) is 0.0601. The standard InChI is InChI=1S/C15H9NO4/c17-7-4-5-8-11(6-7)20-14-9-2-1-3-10(18)13(9)16-15(19)12(8)14/h1-6,17-18H,(H,16,19). The third-order valence-electron chi connectivity index (χ3n) is 3.43. The Morgan fingerprint density at radius 1 is 1.05 bits per heavy atom. The fraction of sp³-hybridized carbons (Fsp3) is 0. The van der Waals surface area contributed by atoms with Gasteiger partial charge in [0.2, 0.25) is 0 Å². The third-order valence-corrected chi connectivity index (χ3v) is 3.43. The average Bonchev–Trinajstić information content (AvgIpc) is 2.79. The molecule has 5 heteroatoms. The Bertz CT molecular complexity index is 1040. The van der Waals surface area contributed by atoms with E-state index < -0.39 is 0 Å². The summed E-state index contributed by atoms with van der Waals surface area (Å²) in [4.78, 5) is 14.9. The van der Waals surface area contributed by atoms with Crippen LogP contribution in [0.3, 0.4) is 0 Å². The molecule has 0 radical (unpaired) electrons. The molecule has 0 spiro atoms. The van der Waals surface area contributed by atoms with Crippen LogP contribution in [0.15, 0.2) is 45.6 Å². The summed E-state index contributed by atoms with van der Waals surface area (Å²) in [5.41, 5.74) is 0.841. The van der Waals surface area contributed by atoms with Crippen LogP contribution in [-0.4, -0.2) is 15.2 Å². The van der Waals surface area contributed by atoms with Gasteiger partial charge in [-0.3, -0.25) is 4.79 Å². The summed E-state index contributed by atoms with van der Waals surface area (Å²) in [6, 6.07) is 9.54. The third kappa shape index (κ3) is 1.29. The molecule has 2 heterocycles. The number of hydrogen-bond donors (Lipinski definition) is 3. The van der Waals surface area contributed by atoms with Crippen molar-refractivity contribution < 1.29 is 14.6 Å². The lowest BCUT2D eigenvalue weighted by Crippen LogP contribution is -2.05. The van der Waals surface area contributed by atoms with E-state index >= 15 is 0 Å². The van der Waals surface area contributed by atoms with Crippen molar-refractivity contribution in [1.29, 1.82) is 0 Å². The van der Waals surface area contributed by atoms with E-state index in [0.29, 0.717) is 32.8 Å². The highest BCUT2D eigenvalue weighted by Gasteiger charge is 2.15. The summed E-state index contributed by atoms with van der Waals surface area (Å²) >= 11 is 0. The van der Waals surface area contributed by atoms with Crippen LogP contribution in [0.2, 0.25) is 0 Å². The van der Waals surface area contributed by atoms with Crippen molar-refractivity contribution in [3.63, 3.8) is 0 Å². The topological polar surface area (TPSA) is 86.5 Å². The van der Waals surface area contributed by atoms with Crippen molar-refractivity contribution in [1.82, 2.24) is 4.98 Å². The lowest BCUT2D eigenvalue weighted by molar-refractivity contribution is 0.475. The maximum atomic E-state index is 12.2. The van der Waals surface area contributed by atoms with Crippen LogP contribution in [-0.2, 0) is 0 Å². The fourth-order valence-corrected chi connectivity index (χ4v) is 2.54. The number of nitrogens with one attached hydrogen (secondary N) is 1. The molecular weight excluding hydrogens is 258 g/mol. The molecule has 0 aliphatic carbocycles. The van der Waals surface area contributed by atoms with Gasteiger partial charge in [0, 0.05) is 16.8 Å². The zero-order valence-corrected chi connectivity index (χ0v) is 10.2. The van der Waals surface area contributed by atoms with Crippen molar-refractivity contribution in [3.8, 4) is 11.5 Å². The predicted octanol–water partition coefficient (Wildman–Crippen LogP) is 2.84. The van der Waals surface area contributed by atoms with Gasteiger partial charge in [0.05, 0.1) is 10.9 Å². The highest BCUT2D eigenvalue weighted by Crippen LogP contribution is 2.34. The number of benzene rings is 2. The maximum Gasteiger partial charge on any atom is 0.260 e. The molecule has 0 aliphatic heterocycles. The summed E-state index contributed by atoms with van der Waals surface area (Å²) in [6.07, 6.45) is 0. The molecule has 0 saturated carbocycles. The van der Waals surface area contributed by atoms with Crippen LogP contribution >= 0.6 is 0 Å². The molecule has 0 unspecified atom stereocenters. The van der Waals surface area contributed by atoms with E-state index in [1.165, 1.54) is 18.2 Å². The molecule has 20 heavy (non-hydrogen) atoms. The molecule has 0 bridgehead atoms. The van der Waals surface area contributed by atoms with Crippen molar-refractivity contribution in [2.24, 2.45) is 0 Å². The van der Waals surface area contributed by atoms with Gasteiger partial charge in [-0.15, -0.1) is 0 Å². The molecule has 4 rings (SSSR count). The first-order valence-corrected chi connectivity index (χ1v) is 6.04. The van der Waals surface area contributed by atoms with Crippen molar-refractivity contribution in [2.45, 2.75) is 0 Å². The molecule has 0 saturated heterocycles. The fourth-order valence-electron chi connectivity index (χ4n) is 2.54. The molecule has 2 aromatic heterocycles. The zero-order chi connectivity index (χ0) is 13.9. The summed E-state index contributed by atoms with van der Waals surface area (Å²) in [6.45, 7) is 0. The van der Waals surface area contributed by atoms with Crippen molar-refractivity contribution in [2.75, 3.05) is 0 Å². The van der Waals surface area contributed by atoms with Gasteiger partial charge in [-0.1, -0.05) is 6.07 Å². The lowest BCUT2D eigenvalue weighted by Gasteiger charge is -2.00. The number of rotatable bonds is 0. The van der Waals surface area contributed by atoms with E-state index in [1.54, 1.807) is 18.2 Å². The first-order chi connectivity index (χ1) is 9.65. The molecule has 4 aromatic rings. The van der Waals surface area contributed by atoms with Gasteiger partial charge < -0.3 is 19.6 Å². The van der Waals surface area contributed by atoms with Crippen LogP contribution in [0.5, 0.6) is 11.5 Å². The van der Waals surface area contributed by atoms with Crippen molar-refractivity contribution >= 4 is 32.8 Å². The predicted molar refractivity (Wildman–Crippen MR) is 75.2 cm³/mol. The highest BCUT2D eigenvalue weighted by atomic mass is 16.3. The molecule has 0 aliphatic rings. The van der Waals surface area contributed by atoms with Crippen molar-refractivity contribution in [3.05, 3.63) is 46.8 Å². The van der Waals surface area contributed by atoms with Crippen LogP contribution in [0.1, 0.15) is 0 Å². The second-order valence-corrected chi connectivity index (χ2v) is 4.64.